The lowest BCUT2D eigenvalue weighted by molar-refractivity contribution is -0.150. The third kappa shape index (κ3) is 2.70. The molecule has 3 unspecified atom stereocenters. The van der Waals surface area contributed by atoms with Crippen LogP contribution in [0, 0.1) is 11.3 Å². The summed E-state index contributed by atoms with van der Waals surface area (Å²) < 4.78 is 5.89. The van der Waals surface area contributed by atoms with Gasteiger partial charge in [0.15, 0.2) is 0 Å². The van der Waals surface area contributed by atoms with Crippen molar-refractivity contribution in [3.8, 4) is 0 Å². The quantitative estimate of drug-likeness (QED) is 0.845. The van der Waals surface area contributed by atoms with E-state index in [2.05, 4.69) is 31.0 Å². The molecule has 0 aromatic heterocycles. The van der Waals surface area contributed by atoms with Crippen LogP contribution in [0.5, 0.6) is 0 Å². The van der Waals surface area contributed by atoms with Crippen molar-refractivity contribution in [3.05, 3.63) is 0 Å². The number of hydrogen-bond acceptors (Lipinski definition) is 3. The van der Waals surface area contributed by atoms with Gasteiger partial charge in [0, 0.05) is 30.7 Å². The van der Waals surface area contributed by atoms with Crippen molar-refractivity contribution in [2.45, 2.75) is 64.6 Å². The molecule has 0 bridgehead atoms. The number of nitrogens with one attached hydrogen (secondary N) is 1. The van der Waals surface area contributed by atoms with Gasteiger partial charge in [-0.3, -0.25) is 4.90 Å². The average molecular weight is 266 g/mol. The summed E-state index contributed by atoms with van der Waals surface area (Å²) in [6, 6.07) is 1.48. The smallest absolute Gasteiger partial charge is 0.0655 e. The minimum atomic E-state index is 0.328. The maximum atomic E-state index is 5.89. The summed E-state index contributed by atoms with van der Waals surface area (Å²) in [5.41, 5.74) is 0.328. The molecule has 3 nitrogen and oxygen atoms in total. The maximum absolute atomic E-state index is 5.89. The van der Waals surface area contributed by atoms with E-state index in [4.69, 9.17) is 4.74 Å². The highest BCUT2D eigenvalue weighted by Gasteiger charge is 2.52. The van der Waals surface area contributed by atoms with Crippen LogP contribution in [0.25, 0.3) is 0 Å². The third-order valence-corrected chi connectivity index (χ3v) is 5.59. The van der Waals surface area contributed by atoms with Gasteiger partial charge >= 0.3 is 0 Å². The molecule has 2 aliphatic carbocycles. The molecule has 3 rings (SSSR count). The van der Waals surface area contributed by atoms with Crippen LogP contribution in [0.15, 0.2) is 0 Å². The van der Waals surface area contributed by atoms with E-state index >= 15 is 0 Å². The zero-order valence-corrected chi connectivity index (χ0v) is 12.8. The second-order valence-electron chi connectivity index (χ2n) is 7.26. The third-order valence-electron chi connectivity index (χ3n) is 5.59. The van der Waals surface area contributed by atoms with Crippen LogP contribution in [-0.4, -0.2) is 49.3 Å². The molecular weight excluding hydrogens is 236 g/mol. The first-order valence-corrected chi connectivity index (χ1v) is 8.22. The lowest BCUT2D eigenvalue weighted by Crippen LogP contribution is -2.63. The van der Waals surface area contributed by atoms with Crippen molar-refractivity contribution in [3.63, 3.8) is 0 Å². The van der Waals surface area contributed by atoms with Crippen molar-refractivity contribution in [1.29, 1.82) is 0 Å². The first-order chi connectivity index (χ1) is 9.13. The molecule has 0 amide bonds. The first-order valence-electron chi connectivity index (χ1n) is 8.22. The summed E-state index contributed by atoms with van der Waals surface area (Å²) in [5, 5.41) is 3.77. The number of ether oxygens (including phenoxy) is 1. The summed E-state index contributed by atoms with van der Waals surface area (Å²) in [6.45, 7) is 11.5. The van der Waals surface area contributed by atoms with E-state index in [0.29, 0.717) is 11.5 Å². The van der Waals surface area contributed by atoms with Crippen molar-refractivity contribution >= 4 is 0 Å². The molecule has 0 aromatic rings. The molecule has 3 fully saturated rings. The van der Waals surface area contributed by atoms with Gasteiger partial charge in [0.05, 0.1) is 6.10 Å². The summed E-state index contributed by atoms with van der Waals surface area (Å²) >= 11 is 0. The predicted octanol–water partition coefficient (Wildman–Crippen LogP) is 2.26. The molecule has 0 aromatic carbocycles. The molecule has 0 spiro atoms. The van der Waals surface area contributed by atoms with E-state index in [1.807, 2.05) is 0 Å². The summed E-state index contributed by atoms with van der Waals surface area (Å²) in [4.78, 5) is 2.76. The van der Waals surface area contributed by atoms with Crippen LogP contribution in [-0.2, 0) is 4.74 Å². The molecule has 3 atom stereocenters. The van der Waals surface area contributed by atoms with E-state index in [0.717, 1.165) is 24.6 Å². The Kier molecular flexibility index (Phi) is 3.89. The minimum Gasteiger partial charge on any atom is -0.378 e. The molecule has 1 saturated heterocycles. The van der Waals surface area contributed by atoms with Gasteiger partial charge < -0.3 is 10.1 Å². The highest BCUT2D eigenvalue weighted by molar-refractivity contribution is 5.05. The number of rotatable bonds is 4. The molecule has 1 N–H and O–H groups in total. The Morgan fingerprint density at radius 3 is 2.74 bits per heavy atom. The SMILES string of the molecule is CCOC1CC(N2CCCNC(C3CC3)C2)C1(C)C. The number of hydrogen-bond donors (Lipinski definition) is 1. The fourth-order valence-corrected chi connectivity index (χ4v) is 4.04. The Morgan fingerprint density at radius 2 is 2.11 bits per heavy atom. The zero-order valence-electron chi connectivity index (χ0n) is 12.8. The van der Waals surface area contributed by atoms with E-state index in [9.17, 15) is 0 Å². The van der Waals surface area contributed by atoms with Gasteiger partial charge in [0.2, 0.25) is 0 Å². The van der Waals surface area contributed by atoms with Gasteiger partial charge in [0.25, 0.3) is 0 Å². The average Bonchev–Trinajstić information content (AvgIpc) is 3.19. The van der Waals surface area contributed by atoms with Crippen LogP contribution < -0.4 is 5.32 Å². The zero-order chi connectivity index (χ0) is 13.5. The summed E-state index contributed by atoms with van der Waals surface area (Å²) in [6.07, 6.45) is 5.90. The molecule has 1 heterocycles. The first kappa shape index (κ1) is 13.8. The van der Waals surface area contributed by atoms with Crippen LogP contribution in [0.2, 0.25) is 0 Å². The molecule has 19 heavy (non-hydrogen) atoms. The Bertz CT molecular complexity index is 314. The van der Waals surface area contributed by atoms with Gasteiger partial charge in [-0.25, -0.2) is 0 Å². The highest BCUT2D eigenvalue weighted by Crippen LogP contribution is 2.46. The second kappa shape index (κ2) is 5.34. The Hall–Kier alpha value is -0.120. The standard InChI is InChI=1S/C16H30N2O/c1-4-19-15-10-14(16(15,2)3)18-9-5-8-17-13(11-18)12-6-7-12/h12-15,17H,4-11H2,1-3H3. The topological polar surface area (TPSA) is 24.5 Å². The maximum Gasteiger partial charge on any atom is 0.0655 e. The van der Waals surface area contributed by atoms with Gasteiger partial charge in [-0.05, 0) is 51.6 Å². The fourth-order valence-electron chi connectivity index (χ4n) is 4.04. The van der Waals surface area contributed by atoms with Crippen molar-refractivity contribution in [2.75, 3.05) is 26.2 Å². The molecule has 2 saturated carbocycles. The van der Waals surface area contributed by atoms with E-state index in [1.54, 1.807) is 0 Å². The lowest BCUT2D eigenvalue weighted by atomic mass is 9.63. The normalized spacial score (nSPS) is 39.6. The van der Waals surface area contributed by atoms with Crippen molar-refractivity contribution < 1.29 is 4.74 Å². The molecule has 0 radical (unpaired) electrons. The molecule has 1 aliphatic heterocycles. The monoisotopic (exact) mass is 266 g/mol. The van der Waals surface area contributed by atoms with Crippen molar-refractivity contribution in [1.82, 2.24) is 10.2 Å². The largest absolute Gasteiger partial charge is 0.378 e. The molecule has 110 valence electrons. The van der Waals surface area contributed by atoms with E-state index < -0.39 is 0 Å². The highest BCUT2D eigenvalue weighted by atomic mass is 16.5. The van der Waals surface area contributed by atoms with Crippen LogP contribution in [0.4, 0.5) is 0 Å². The van der Waals surface area contributed by atoms with E-state index in [1.165, 1.54) is 45.3 Å². The number of nitrogens with zero attached hydrogens (tertiary/aromatic N) is 1. The predicted molar refractivity (Wildman–Crippen MR) is 78.3 cm³/mol. The van der Waals surface area contributed by atoms with Crippen LogP contribution in [0.3, 0.4) is 0 Å². The van der Waals surface area contributed by atoms with Gasteiger partial charge in [-0.2, -0.15) is 0 Å². The minimum absolute atomic E-state index is 0.328. The van der Waals surface area contributed by atoms with Gasteiger partial charge in [-0.15, -0.1) is 0 Å². The Morgan fingerprint density at radius 1 is 1.32 bits per heavy atom. The Labute approximate surface area is 118 Å². The van der Waals surface area contributed by atoms with Crippen LogP contribution >= 0.6 is 0 Å². The summed E-state index contributed by atoms with van der Waals surface area (Å²) in [5.74, 6) is 0.964. The lowest BCUT2D eigenvalue weighted by Gasteiger charge is -2.56. The van der Waals surface area contributed by atoms with Crippen LogP contribution in [0.1, 0.15) is 46.5 Å². The fraction of sp³-hybridized carbons (Fsp3) is 1.00. The molecule has 3 heteroatoms. The Balaban J connectivity index is 1.61. The summed E-state index contributed by atoms with van der Waals surface area (Å²) in [7, 11) is 0. The van der Waals surface area contributed by atoms with E-state index in [-0.39, 0.29) is 0 Å². The molecular formula is C16H30N2O. The van der Waals surface area contributed by atoms with Gasteiger partial charge in [-0.1, -0.05) is 13.8 Å². The van der Waals surface area contributed by atoms with Gasteiger partial charge in [0.1, 0.15) is 0 Å². The molecule has 3 aliphatic rings. The van der Waals surface area contributed by atoms with Crippen molar-refractivity contribution in [2.24, 2.45) is 11.3 Å². The second-order valence-corrected chi connectivity index (χ2v) is 7.26.